The van der Waals surface area contributed by atoms with Crippen molar-refractivity contribution in [2.45, 2.75) is 25.8 Å². The molecule has 2 aromatic rings. The quantitative estimate of drug-likeness (QED) is 0.201. The van der Waals surface area contributed by atoms with Crippen LogP contribution >= 0.6 is 11.3 Å². The minimum atomic E-state index is -2.78. The van der Waals surface area contributed by atoms with E-state index in [1.54, 1.807) is 5.48 Å². The summed E-state index contributed by atoms with van der Waals surface area (Å²) in [6.07, 6.45) is 0.636. The van der Waals surface area contributed by atoms with E-state index in [0.29, 0.717) is 6.42 Å². The maximum atomic E-state index is 12.0. The fourth-order valence-corrected chi connectivity index (χ4v) is 5.48. The second-order valence-electron chi connectivity index (χ2n) is 8.10. The number of fused-ring (bicyclic) bond motifs is 1. The number of carbonyl (C=O) groups excluding carboxylic acids is 1. The van der Waals surface area contributed by atoms with Crippen LogP contribution in [0.25, 0.3) is 10.2 Å². The molecule has 3 atom stereocenters. The average molecular weight is 476 g/mol. The van der Waals surface area contributed by atoms with Crippen molar-refractivity contribution in [3.05, 3.63) is 28.8 Å². The Morgan fingerprint density at radius 3 is 2.84 bits per heavy atom. The number of nitrogens with zero attached hydrogens (tertiary/aromatic N) is 2. The number of thiol groups is 1. The highest BCUT2D eigenvalue weighted by Gasteiger charge is 2.35. The first kappa shape index (κ1) is 24.2. The van der Waals surface area contributed by atoms with Crippen molar-refractivity contribution in [1.29, 1.82) is 0 Å². The van der Waals surface area contributed by atoms with Gasteiger partial charge in [0.05, 0.1) is 38.9 Å². The van der Waals surface area contributed by atoms with Crippen molar-refractivity contribution < 1.29 is 23.5 Å². The number of benzene rings is 1. The topological polar surface area (TPSA) is 120 Å². The lowest BCUT2D eigenvalue weighted by Crippen LogP contribution is -2.55. The molecule has 170 valence electrons. The van der Waals surface area contributed by atoms with Crippen molar-refractivity contribution >= 4 is 38.2 Å². The molecule has 10 heteroatoms. The summed E-state index contributed by atoms with van der Waals surface area (Å²) in [5.74, 6) is 10.9. The molecule has 0 aliphatic carbocycles. The molecule has 1 saturated heterocycles. The highest BCUT2D eigenvalue weighted by atomic mass is 32.2. The van der Waals surface area contributed by atoms with Gasteiger partial charge in [0.25, 0.3) is 0 Å². The molecule has 0 unspecified atom stereocenters. The minimum Gasteiger partial charge on any atom is -0.395 e. The number of amides is 1. The summed E-state index contributed by atoms with van der Waals surface area (Å²) in [5.41, 5.74) is 1.93. The van der Waals surface area contributed by atoms with Crippen LogP contribution in [0, 0.1) is 35.0 Å². The number of hydrogen-bond acceptors (Lipinski definition) is 8. The van der Waals surface area contributed by atoms with Crippen molar-refractivity contribution in [2.75, 3.05) is 26.0 Å². The summed E-state index contributed by atoms with van der Waals surface area (Å²) in [6, 6.07) is 5.73. The molecule has 0 spiro atoms. The fourth-order valence-electron chi connectivity index (χ4n) is 3.60. The normalized spacial score (nSPS) is 19.9. The van der Waals surface area contributed by atoms with Gasteiger partial charge in [0.2, 0.25) is 5.91 Å². The predicted molar refractivity (Wildman–Crippen MR) is 123 cm³/mol. The van der Waals surface area contributed by atoms with E-state index in [4.69, 9.17) is 5.21 Å². The van der Waals surface area contributed by atoms with E-state index in [-0.39, 0.29) is 30.7 Å². The van der Waals surface area contributed by atoms with E-state index < -0.39 is 22.0 Å². The Bertz CT molecular complexity index is 1190. The molecule has 1 aromatic carbocycles. The average Bonchev–Trinajstić information content (AvgIpc) is 3.15. The molecule has 3 rings (SSSR count). The summed E-state index contributed by atoms with van der Waals surface area (Å²) in [6.45, 7) is 2.43. The van der Waals surface area contributed by atoms with Gasteiger partial charge in [-0.2, -0.15) is 0 Å². The number of thiazole rings is 1. The van der Waals surface area contributed by atoms with Gasteiger partial charge in [0, 0.05) is 24.6 Å². The monoisotopic (exact) mass is 475 g/mol. The Morgan fingerprint density at radius 2 is 2.19 bits per heavy atom. The molecular weight excluding hydrogens is 450 g/mol. The minimum absolute atomic E-state index is 0.0795. The number of aromatic nitrogens is 1. The van der Waals surface area contributed by atoms with Gasteiger partial charge >= 0.3 is 0 Å². The molecule has 1 aliphatic rings. The third kappa shape index (κ3) is 5.66. The van der Waals surface area contributed by atoms with Crippen molar-refractivity contribution in [1.82, 2.24) is 15.4 Å². The lowest BCUT2D eigenvalue weighted by Gasteiger charge is -2.42. The number of carbonyl (C=O) groups is 1. The second kappa shape index (κ2) is 10.4. The molecule has 32 heavy (non-hydrogen) atoms. The van der Waals surface area contributed by atoms with Gasteiger partial charge in [-0.1, -0.05) is 11.8 Å². The molecule has 1 fully saturated rings. The van der Waals surface area contributed by atoms with Crippen molar-refractivity contribution in [2.24, 2.45) is 11.3 Å². The van der Waals surface area contributed by atoms with E-state index in [2.05, 4.69) is 33.6 Å². The first-order valence-electron chi connectivity index (χ1n) is 10.0. The summed E-state index contributed by atoms with van der Waals surface area (Å²) >= 11 is 1.46. The van der Waals surface area contributed by atoms with Crippen LogP contribution < -0.4 is 5.48 Å². The van der Waals surface area contributed by atoms with Gasteiger partial charge in [0.1, 0.15) is 10.7 Å². The number of rotatable bonds is 7. The SMILES string of the molecule is CN1C[C@@H](C#CC#Cc2ccc3nc(CC[C@@](C)(C[SH](=O)=O)C(=O)NO)sc3c2)[C@@H]1CO. The number of aryl methyl sites for hydroxylation is 1. The highest BCUT2D eigenvalue weighted by Crippen LogP contribution is 2.29. The van der Waals surface area contributed by atoms with Gasteiger partial charge < -0.3 is 5.11 Å². The van der Waals surface area contributed by atoms with Crippen LogP contribution in [-0.4, -0.2) is 66.5 Å². The van der Waals surface area contributed by atoms with E-state index in [9.17, 15) is 18.3 Å². The van der Waals surface area contributed by atoms with Gasteiger partial charge in [-0.3, -0.25) is 14.9 Å². The van der Waals surface area contributed by atoms with Crippen LogP contribution in [0.4, 0.5) is 0 Å². The molecule has 2 heterocycles. The molecular formula is C22H25N3O5S2. The van der Waals surface area contributed by atoms with Crippen molar-refractivity contribution in [3.8, 4) is 23.7 Å². The molecule has 0 saturated carbocycles. The number of hydrogen-bond donors (Lipinski definition) is 4. The Morgan fingerprint density at radius 1 is 1.41 bits per heavy atom. The zero-order chi connectivity index (χ0) is 23.3. The zero-order valence-corrected chi connectivity index (χ0v) is 19.5. The summed E-state index contributed by atoms with van der Waals surface area (Å²) < 4.78 is 23.3. The van der Waals surface area contributed by atoms with E-state index in [1.807, 2.05) is 25.2 Å². The summed E-state index contributed by atoms with van der Waals surface area (Å²) in [5, 5.41) is 19.0. The number of aliphatic hydroxyl groups excluding tert-OH is 1. The van der Waals surface area contributed by atoms with Gasteiger partial charge in [0.15, 0.2) is 0 Å². The number of aliphatic hydroxyl groups is 1. The molecule has 8 nitrogen and oxygen atoms in total. The standard InChI is InChI=1S/C22H25N3O5S2/c1-22(14-32(29)30,21(27)24-28)10-9-20-23-17-8-7-15(11-19(17)31-20)5-3-4-6-16-12-25(2)18(16)13-26/h7-8,11,16,18,26,28,32H,9-10,12-14H2,1-2H3,(H,24,27)/t16-,18+,22+/m1/s1. The molecule has 1 aliphatic heterocycles. The van der Waals surface area contributed by atoms with Crippen LogP contribution in [0.5, 0.6) is 0 Å². The largest absolute Gasteiger partial charge is 0.395 e. The van der Waals surface area contributed by atoms with E-state index in [1.165, 1.54) is 18.3 Å². The molecule has 3 N–H and O–H groups in total. The highest BCUT2D eigenvalue weighted by molar-refractivity contribution is 7.72. The maximum Gasteiger partial charge on any atom is 0.250 e. The lowest BCUT2D eigenvalue weighted by atomic mass is 9.87. The predicted octanol–water partition coefficient (Wildman–Crippen LogP) is 0.629. The van der Waals surface area contributed by atoms with Crippen LogP contribution in [0.15, 0.2) is 18.2 Å². The van der Waals surface area contributed by atoms with Crippen molar-refractivity contribution in [3.63, 3.8) is 0 Å². The summed E-state index contributed by atoms with van der Waals surface area (Å²) in [4.78, 5) is 18.6. The number of nitrogens with one attached hydrogen (secondary N) is 1. The third-order valence-electron chi connectivity index (χ3n) is 5.68. The van der Waals surface area contributed by atoms with Crippen LogP contribution in [0.1, 0.15) is 23.9 Å². The first-order chi connectivity index (χ1) is 15.3. The number of likely N-dealkylation sites (N-methyl/N-ethyl adjacent to an activating group) is 1. The van der Waals surface area contributed by atoms with Crippen LogP contribution in [0.2, 0.25) is 0 Å². The smallest absolute Gasteiger partial charge is 0.250 e. The third-order valence-corrected chi connectivity index (χ3v) is 7.71. The second-order valence-corrected chi connectivity index (χ2v) is 10.2. The van der Waals surface area contributed by atoms with Gasteiger partial charge in [-0.05, 0) is 50.4 Å². The first-order valence-corrected chi connectivity index (χ1v) is 12.2. The van der Waals surface area contributed by atoms with Crippen LogP contribution in [0.3, 0.4) is 0 Å². The lowest BCUT2D eigenvalue weighted by molar-refractivity contribution is -0.138. The molecule has 0 radical (unpaired) electrons. The maximum absolute atomic E-state index is 12.0. The van der Waals surface area contributed by atoms with Gasteiger partial charge in [-0.15, -0.1) is 11.3 Å². The van der Waals surface area contributed by atoms with Gasteiger partial charge in [-0.25, -0.2) is 18.9 Å². The Labute approximate surface area is 192 Å². The van der Waals surface area contributed by atoms with E-state index in [0.717, 1.165) is 27.3 Å². The zero-order valence-electron chi connectivity index (χ0n) is 17.8. The Balaban J connectivity index is 1.68. The molecule has 0 bridgehead atoms. The summed E-state index contributed by atoms with van der Waals surface area (Å²) in [7, 11) is -0.821. The number of hydroxylamine groups is 1. The molecule has 1 amide bonds. The van der Waals surface area contributed by atoms with E-state index >= 15 is 0 Å². The number of likely N-dealkylation sites (tertiary alicyclic amines) is 1. The fraction of sp³-hybridized carbons (Fsp3) is 0.455. The van der Waals surface area contributed by atoms with Crippen LogP contribution in [-0.2, 0) is 21.9 Å². The molecule has 1 aromatic heterocycles. The Hall–Kier alpha value is -2.47. The Kier molecular flexibility index (Phi) is 7.88.